The molecule has 402 valence electrons. The number of aliphatic hydroxyl groups excluding tert-OH is 2. The first-order valence-electron chi connectivity index (χ1n) is 31.2. The molecule has 0 rings (SSSR count). The lowest BCUT2D eigenvalue weighted by Crippen LogP contribution is -2.45. The average Bonchev–Trinajstić information content (AvgIpc) is 3.34. The van der Waals surface area contributed by atoms with E-state index in [0.717, 1.165) is 32.1 Å². The minimum Gasteiger partial charge on any atom is -0.394 e. The zero-order chi connectivity index (χ0) is 49.2. The third-order valence-electron chi connectivity index (χ3n) is 14.6. The molecule has 3 N–H and O–H groups in total. The predicted octanol–water partition coefficient (Wildman–Crippen LogP) is 20.8. The van der Waals surface area contributed by atoms with Crippen molar-refractivity contribution in [2.24, 2.45) is 0 Å². The number of amides is 1. The number of hydrogen-bond donors (Lipinski definition) is 3. The summed E-state index contributed by atoms with van der Waals surface area (Å²) in [4.78, 5) is 12.5. The largest absolute Gasteiger partial charge is 0.394 e. The second-order valence-electron chi connectivity index (χ2n) is 21.5. The Bertz CT molecular complexity index is 1040. The van der Waals surface area contributed by atoms with Crippen molar-refractivity contribution in [1.29, 1.82) is 0 Å². The summed E-state index contributed by atoms with van der Waals surface area (Å²) in [5.74, 6) is -0.0673. The molecule has 1 amide bonds. The van der Waals surface area contributed by atoms with E-state index in [-0.39, 0.29) is 12.5 Å². The molecule has 0 bridgehead atoms. The molecular formula is C64H123NO3. The lowest BCUT2D eigenvalue weighted by molar-refractivity contribution is -0.123. The van der Waals surface area contributed by atoms with Gasteiger partial charge in [0.2, 0.25) is 5.91 Å². The fourth-order valence-electron chi connectivity index (χ4n) is 9.84. The van der Waals surface area contributed by atoms with Gasteiger partial charge < -0.3 is 15.5 Å². The van der Waals surface area contributed by atoms with Gasteiger partial charge in [-0.1, -0.05) is 320 Å². The highest BCUT2D eigenvalue weighted by Crippen LogP contribution is 2.18. The van der Waals surface area contributed by atoms with Crippen LogP contribution in [0.15, 0.2) is 36.5 Å². The molecule has 0 spiro atoms. The summed E-state index contributed by atoms with van der Waals surface area (Å²) in [7, 11) is 0. The summed E-state index contributed by atoms with van der Waals surface area (Å²) in [5.41, 5.74) is 0. The molecule has 2 atom stereocenters. The van der Waals surface area contributed by atoms with Gasteiger partial charge in [-0.2, -0.15) is 0 Å². The van der Waals surface area contributed by atoms with E-state index in [1.54, 1.807) is 6.08 Å². The second kappa shape index (κ2) is 59.9. The molecule has 0 aromatic rings. The standard InChI is InChI=1S/C64H123NO3/c1-3-5-7-9-11-13-15-17-19-21-23-25-27-29-31-32-34-36-38-40-42-44-46-48-50-52-54-56-58-60-64(68)65-62(61-66)63(67)59-57-55-53-51-49-47-45-43-41-39-37-35-33-30-28-26-24-22-20-18-16-14-12-10-8-6-4-2/h21,23,49,51,57,59,62-63,66-67H,3-20,22,24-48,50,52-56,58,60-61H2,1-2H3,(H,65,68)/b23-21-,51-49+,59-57+. The molecule has 0 aliphatic rings. The van der Waals surface area contributed by atoms with Crippen LogP contribution in [-0.2, 0) is 4.79 Å². The van der Waals surface area contributed by atoms with Crippen molar-refractivity contribution in [3.63, 3.8) is 0 Å². The number of unbranched alkanes of at least 4 members (excludes halogenated alkanes) is 47. The lowest BCUT2D eigenvalue weighted by atomic mass is 10.0. The molecule has 0 radical (unpaired) electrons. The summed E-state index contributed by atoms with van der Waals surface area (Å²) < 4.78 is 0. The fraction of sp³-hybridized carbons (Fsp3) is 0.891. The number of allylic oxidation sites excluding steroid dienone is 5. The van der Waals surface area contributed by atoms with Crippen molar-refractivity contribution < 1.29 is 15.0 Å². The number of carbonyl (C=O) groups excluding carboxylic acids is 1. The van der Waals surface area contributed by atoms with Crippen LogP contribution >= 0.6 is 0 Å². The smallest absolute Gasteiger partial charge is 0.220 e. The van der Waals surface area contributed by atoms with Crippen LogP contribution in [-0.4, -0.2) is 34.9 Å². The molecule has 4 heteroatoms. The van der Waals surface area contributed by atoms with E-state index in [4.69, 9.17) is 0 Å². The Balaban J connectivity index is 3.47. The third kappa shape index (κ3) is 55.5. The van der Waals surface area contributed by atoms with Crippen LogP contribution in [0.5, 0.6) is 0 Å². The van der Waals surface area contributed by atoms with E-state index in [1.165, 1.54) is 295 Å². The zero-order valence-electron chi connectivity index (χ0n) is 46.4. The maximum atomic E-state index is 12.5. The van der Waals surface area contributed by atoms with Crippen LogP contribution in [0.1, 0.15) is 348 Å². The average molecular weight is 955 g/mol. The Morgan fingerprint density at radius 2 is 0.574 bits per heavy atom. The first kappa shape index (κ1) is 66.6. The van der Waals surface area contributed by atoms with Crippen LogP contribution in [0.25, 0.3) is 0 Å². The van der Waals surface area contributed by atoms with Gasteiger partial charge in [0.15, 0.2) is 0 Å². The third-order valence-corrected chi connectivity index (χ3v) is 14.6. The highest BCUT2D eigenvalue weighted by Gasteiger charge is 2.18. The van der Waals surface area contributed by atoms with Crippen LogP contribution in [0.4, 0.5) is 0 Å². The van der Waals surface area contributed by atoms with E-state index in [9.17, 15) is 15.0 Å². The molecule has 0 aliphatic carbocycles. The van der Waals surface area contributed by atoms with Crippen molar-refractivity contribution in [3.8, 4) is 0 Å². The monoisotopic (exact) mass is 954 g/mol. The van der Waals surface area contributed by atoms with Crippen LogP contribution < -0.4 is 5.32 Å². The summed E-state index contributed by atoms with van der Waals surface area (Å²) in [6.45, 7) is 4.34. The van der Waals surface area contributed by atoms with E-state index < -0.39 is 12.1 Å². The van der Waals surface area contributed by atoms with E-state index in [1.807, 2.05) is 6.08 Å². The minimum absolute atomic E-state index is 0.0673. The molecule has 68 heavy (non-hydrogen) atoms. The van der Waals surface area contributed by atoms with Gasteiger partial charge in [0, 0.05) is 6.42 Å². The molecule has 0 saturated heterocycles. The molecule has 0 fully saturated rings. The molecule has 0 heterocycles. The van der Waals surface area contributed by atoms with Gasteiger partial charge in [0.05, 0.1) is 18.8 Å². The summed E-state index contributed by atoms with van der Waals surface area (Å²) in [6.07, 6.45) is 82.0. The van der Waals surface area contributed by atoms with Gasteiger partial charge in [0.25, 0.3) is 0 Å². The zero-order valence-corrected chi connectivity index (χ0v) is 46.4. The summed E-state index contributed by atoms with van der Waals surface area (Å²) in [5, 5.41) is 23.2. The fourth-order valence-corrected chi connectivity index (χ4v) is 9.84. The molecule has 0 aliphatic heterocycles. The lowest BCUT2D eigenvalue weighted by Gasteiger charge is -2.19. The Morgan fingerprint density at radius 1 is 0.338 bits per heavy atom. The molecule has 0 saturated carbocycles. The van der Waals surface area contributed by atoms with Crippen molar-refractivity contribution in [2.45, 2.75) is 360 Å². The Hall–Kier alpha value is -1.39. The normalized spacial score (nSPS) is 12.9. The van der Waals surface area contributed by atoms with Crippen LogP contribution in [0.2, 0.25) is 0 Å². The van der Waals surface area contributed by atoms with Gasteiger partial charge >= 0.3 is 0 Å². The number of carbonyl (C=O) groups is 1. The van der Waals surface area contributed by atoms with Crippen molar-refractivity contribution in [1.82, 2.24) is 5.32 Å². The minimum atomic E-state index is -0.862. The Kier molecular flexibility index (Phi) is 58.7. The summed E-state index contributed by atoms with van der Waals surface area (Å²) >= 11 is 0. The number of nitrogens with one attached hydrogen (secondary N) is 1. The van der Waals surface area contributed by atoms with Crippen LogP contribution in [0.3, 0.4) is 0 Å². The van der Waals surface area contributed by atoms with Gasteiger partial charge in [-0.15, -0.1) is 0 Å². The maximum absolute atomic E-state index is 12.5. The highest BCUT2D eigenvalue weighted by molar-refractivity contribution is 5.76. The highest BCUT2D eigenvalue weighted by atomic mass is 16.3. The van der Waals surface area contributed by atoms with Gasteiger partial charge in [0.1, 0.15) is 0 Å². The van der Waals surface area contributed by atoms with Crippen molar-refractivity contribution in [2.75, 3.05) is 6.61 Å². The Morgan fingerprint density at radius 3 is 0.853 bits per heavy atom. The predicted molar refractivity (Wildman–Crippen MR) is 304 cm³/mol. The maximum Gasteiger partial charge on any atom is 0.220 e. The molecule has 0 aromatic heterocycles. The molecular weight excluding hydrogens is 831 g/mol. The van der Waals surface area contributed by atoms with Crippen molar-refractivity contribution in [3.05, 3.63) is 36.5 Å². The quantitative estimate of drug-likeness (QED) is 0.0420. The molecule has 0 aromatic carbocycles. The van der Waals surface area contributed by atoms with Gasteiger partial charge in [-0.05, 0) is 57.8 Å². The second-order valence-corrected chi connectivity index (χ2v) is 21.5. The summed E-state index contributed by atoms with van der Waals surface area (Å²) in [6, 6.07) is -0.639. The molecule has 4 nitrogen and oxygen atoms in total. The van der Waals surface area contributed by atoms with Crippen molar-refractivity contribution >= 4 is 5.91 Å². The SMILES string of the molecule is CCCCCCCCCC/C=C\CCCCCCCCCCCCCCCCCCCC(=O)NC(CO)C(O)/C=C/CC/C=C/CCCCCCCCCCCCCCCCCCCCCCC. The number of hydrogen-bond acceptors (Lipinski definition) is 3. The van der Waals surface area contributed by atoms with E-state index in [2.05, 4.69) is 43.5 Å². The topological polar surface area (TPSA) is 69.6 Å². The van der Waals surface area contributed by atoms with Gasteiger partial charge in [-0.25, -0.2) is 0 Å². The van der Waals surface area contributed by atoms with Crippen LogP contribution in [0, 0.1) is 0 Å². The number of aliphatic hydroxyl groups is 2. The molecule has 2 unspecified atom stereocenters. The number of rotatable bonds is 58. The van der Waals surface area contributed by atoms with E-state index >= 15 is 0 Å². The van der Waals surface area contributed by atoms with E-state index in [0.29, 0.717) is 6.42 Å². The van der Waals surface area contributed by atoms with Gasteiger partial charge in [-0.3, -0.25) is 4.79 Å². The Labute approximate surface area is 427 Å². The first-order chi connectivity index (χ1) is 33.7. The first-order valence-corrected chi connectivity index (χ1v) is 31.2.